The van der Waals surface area contributed by atoms with Gasteiger partial charge in [0.05, 0.1) is 21.3 Å². The molecule has 1 aromatic carbocycles. The second-order valence-electron chi connectivity index (χ2n) is 4.14. The molecule has 0 N–H and O–H groups in total. The SMILES string of the molecule is COc1cc(OCc2ccc(Cl)nc2)cc(OC)c1OC. The number of halogens is 1. The van der Waals surface area contributed by atoms with Crippen LogP contribution in [0, 0.1) is 0 Å². The summed E-state index contributed by atoms with van der Waals surface area (Å²) in [7, 11) is 4.68. The Morgan fingerprint density at radius 3 is 2.14 bits per heavy atom. The molecule has 0 fully saturated rings. The third-order valence-corrected chi connectivity index (χ3v) is 3.06. The summed E-state index contributed by atoms with van der Waals surface area (Å²) in [6, 6.07) is 7.05. The van der Waals surface area contributed by atoms with Crippen molar-refractivity contribution in [3.8, 4) is 23.0 Å². The van der Waals surface area contributed by atoms with Gasteiger partial charge in [-0.25, -0.2) is 4.98 Å². The van der Waals surface area contributed by atoms with Crippen molar-refractivity contribution in [1.29, 1.82) is 0 Å². The Morgan fingerprint density at radius 2 is 1.67 bits per heavy atom. The van der Waals surface area contributed by atoms with Crippen LogP contribution in [0.2, 0.25) is 5.15 Å². The molecule has 0 aliphatic heterocycles. The van der Waals surface area contributed by atoms with Crippen molar-refractivity contribution in [2.75, 3.05) is 21.3 Å². The fourth-order valence-corrected chi connectivity index (χ4v) is 1.91. The van der Waals surface area contributed by atoms with Gasteiger partial charge in [-0.2, -0.15) is 0 Å². The summed E-state index contributed by atoms with van der Waals surface area (Å²) in [5, 5.41) is 0.450. The van der Waals surface area contributed by atoms with E-state index in [1.807, 2.05) is 6.07 Å². The van der Waals surface area contributed by atoms with Gasteiger partial charge in [-0.05, 0) is 6.07 Å². The van der Waals surface area contributed by atoms with Crippen molar-refractivity contribution in [1.82, 2.24) is 4.98 Å². The zero-order valence-electron chi connectivity index (χ0n) is 12.1. The molecule has 6 heteroatoms. The number of methoxy groups -OCH3 is 3. The summed E-state index contributed by atoms with van der Waals surface area (Å²) >= 11 is 5.74. The maximum Gasteiger partial charge on any atom is 0.203 e. The van der Waals surface area contributed by atoms with Crippen molar-refractivity contribution < 1.29 is 18.9 Å². The summed E-state index contributed by atoms with van der Waals surface area (Å²) < 4.78 is 21.5. The molecule has 0 aliphatic carbocycles. The molecule has 21 heavy (non-hydrogen) atoms. The van der Waals surface area contributed by atoms with Crippen LogP contribution in [0.5, 0.6) is 23.0 Å². The van der Waals surface area contributed by atoms with Crippen LogP contribution in [0.15, 0.2) is 30.5 Å². The van der Waals surface area contributed by atoms with E-state index in [2.05, 4.69) is 4.98 Å². The number of benzene rings is 1. The summed E-state index contributed by atoms with van der Waals surface area (Å²) in [5.41, 5.74) is 0.910. The number of ether oxygens (including phenoxy) is 4. The fraction of sp³-hybridized carbons (Fsp3) is 0.267. The maximum absolute atomic E-state index is 5.74. The van der Waals surface area contributed by atoms with Gasteiger partial charge in [-0.1, -0.05) is 17.7 Å². The lowest BCUT2D eigenvalue weighted by Gasteiger charge is -2.14. The van der Waals surface area contributed by atoms with Crippen molar-refractivity contribution >= 4 is 11.6 Å². The van der Waals surface area contributed by atoms with Crippen molar-refractivity contribution in [2.24, 2.45) is 0 Å². The Hall–Kier alpha value is -2.14. The van der Waals surface area contributed by atoms with Crippen molar-refractivity contribution in [2.45, 2.75) is 6.61 Å². The molecule has 0 atom stereocenters. The zero-order chi connectivity index (χ0) is 15.2. The lowest BCUT2D eigenvalue weighted by Crippen LogP contribution is -1.99. The molecule has 0 aliphatic rings. The van der Waals surface area contributed by atoms with Crippen LogP contribution in [-0.2, 0) is 6.61 Å². The Balaban J connectivity index is 2.18. The van der Waals surface area contributed by atoms with E-state index in [1.54, 1.807) is 45.7 Å². The third kappa shape index (κ3) is 3.70. The molecular formula is C15H16ClNO4. The molecule has 1 heterocycles. The average molecular weight is 310 g/mol. The standard InChI is InChI=1S/C15H16ClNO4/c1-18-12-6-11(7-13(19-2)15(12)20-3)21-9-10-4-5-14(16)17-8-10/h4-8H,9H2,1-3H3. The van der Waals surface area contributed by atoms with E-state index in [9.17, 15) is 0 Å². The number of rotatable bonds is 6. The second kappa shape index (κ2) is 7.04. The van der Waals surface area contributed by atoms with Gasteiger partial charge in [0.2, 0.25) is 5.75 Å². The van der Waals surface area contributed by atoms with E-state index < -0.39 is 0 Å². The van der Waals surface area contributed by atoms with Crippen LogP contribution in [0.25, 0.3) is 0 Å². The quantitative estimate of drug-likeness (QED) is 0.766. The first-order chi connectivity index (χ1) is 10.2. The number of hydrogen-bond acceptors (Lipinski definition) is 5. The van der Waals surface area contributed by atoms with Crippen LogP contribution < -0.4 is 18.9 Å². The van der Waals surface area contributed by atoms with Gasteiger partial charge in [0.1, 0.15) is 17.5 Å². The summed E-state index contributed by atoms with van der Waals surface area (Å²) in [5.74, 6) is 2.22. The topological polar surface area (TPSA) is 49.8 Å². The molecule has 0 radical (unpaired) electrons. The fourth-order valence-electron chi connectivity index (χ4n) is 1.80. The van der Waals surface area contributed by atoms with E-state index in [1.165, 1.54) is 0 Å². The molecule has 0 spiro atoms. The average Bonchev–Trinajstić information content (AvgIpc) is 2.53. The van der Waals surface area contributed by atoms with Gasteiger partial charge in [-0.3, -0.25) is 0 Å². The molecule has 1 aromatic heterocycles. The van der Waals surface area contributed by atoms with Crippen molar-refractivity contribution in [3.63, 3.8) is 0 Å². The number of aromatic nitrogens is 1. The highest BCUT2D eigenvalue weighted by atomic mass is 35.5. The van der Waals surface area contributed by atoms with Gasteiger partial charge < -0.3 is 18.9 Å². The maximum atomic E-state index is 5.74. The Morgan fingerprint density at radius 1 is 1.00 bits per heavy atom. The molecule has 0 unspecified atom stereocenters. The predicted octanol–water partition coefficient (Wildman–Crippen LogP) is 3.34. The van der Waals surface area contributed by atoms with Crippen LogP contribution in [0.1, 0.15) is 5.56 Å². The normalized spacial score (nSPS) is 10.1. The molecule has 2 rings (SSSR count). The van der Waals surface area contributed by atoms with E-state index in [4.69, 9.17) is 30.5 Å². The zero-order valence-corrected chi connectivity index (χ0v) is 12.8. The summed E-state index contributed by atoms with van der Waals surface area (Å²) in [6.45, 7) is 0.364. The summed E-state index contributed by atoms with van der Waals surface area (Å²) in [4.78, 5) is 4.00. The molecule has 5 nitrogen and oxygen atoms in total. The number of pyridine rings is 1. The lowest BCUT2D eigenvalue weighted by atomic mass is 10.2. The minimum absolute atomic E-state index is 0.364. The van der Waals surface area contributed by atoms with Gasteiger partial charge in [0.15, 0.2) is 11.5 Å². The van der Waals surface area contributed by atoms with Crippen LogP contribution in [-0.4, -0.2) is 26.3 Å². The lowest BCUT2D eigenvalue weighted by molar-refractivity contribution is 0.291. The summed E-state index contributed by atoms with van der Waals surface area (Å²) in [6.07, 6.45) is 1.67. The molecule has 0 saturated carbocycles. The molecule has 2 aromatic rings. The second-order valence-corrected chi connectivity index (χ2v) is 4.53. The Bertz CT molecular complexity index is 576. The predicted molar refractivity (Wildman–Crippen MR) is 79.7 cm³/mol. The first-order valence-corrected chi connectivity index (χ1v) is 6.59. The minimum atomic E-state index is 0.364. The smallest absolute Gasteiger partial charge is 0.203 e. The highest BCUT2D eigenvalue weighted by Crippen LogP contribution is 2.40. The Labute approximate surface area is 128 Å². The number of hydrogen-bond donors (Lipinski definition) is 0. The van der Waals surface area contributed by atoms with E-state index >= 15 is 0 Å². The first-order valence-electron chi connectivity index (χ1n) is 6.21. The van der Waals surface area contributed by atoms with E-state index in [0.717, 1.165) is 5.56 Å². The monoisotopic (exact) mass is 309 g/mol. The molecular weight excluding hydrogens is 294 g/mol. The molecule has 112 valence electrons. The van der Waals surface area contributed by atoms with Gasteiger partial charge in [0.25, 0.3) is 0 Å². The van der Waals surface area contributed by atoms with E-state index in [0.29, 0.717) is 34.8 Å². The largest absolute Gasteiger partial charge is 0.493 e. The van der Waals surface area contributed by atoms with Gasteiger partial charge in [-0.15, -0.1) is 0 Å². The third-order valence-electron chi connectivity index (χ3n) is 2.83. The van der Waals surface area contributed by atoms with Gasteiger partial charge in [0, 0.05) is 23.9 Å². The highest BCUT2D eigenvalue weighted by Gasteiger charge is 2.13. The molecule has 0 bridgehead atoms. The molecule has 0 amide bonds. The van der Waals surface area contributed by atoms with Crippen LogP contribution >= 0.6 is 11.6 Å². The minimum Gasteiger partial charge on any atom is -0.493 e. The van der Waals surface area contributed by atoms with Crippen LogP contribution in [0.4, 0.5) is 0 Å². The molecule has 0 saturated heterocycles. The van der Waals surface area contributed by atoms with Crippen molar-refractivity contribution in [3.05, 3.63) is 41.2 Å². The first kappa shape index (κ1) is 15.3. The van der Waals surface area contributed by atoms with Crippen LogP contribution in [0.3, 0.4) is 0 Å². The number of nitrogens with zero attached hydrogens (tertiary/aromatic N) is 1. The highest BCUT2D eigenvalue weighted by molar-refractivity contribution is 6.29. The van der Waals surface area contributed by atoms with E-state index in [-0.39, 0.29) is 0 Å². The Kier molecular flexibility index (Phi) is 5.11. The van der Waals surface area contributed by atoms with Gasteiger partial charge >= 0.3 is 0 Å².